The predicted octanol–water partition coefficient (Wildman–Crippen LogP) is 1.73. The number of carbonyl (C=O) groups is 3. The molecular formula is C18H24N2O5. The minimum Gasteiger partial charge on any atom is -0.472 e. The molecule has 0 unspecified atom stereocenters. The summed E-state index contributed by atoms with van der Waals surface area (Å²) in [5.41, 5.74) is 0.424. The van der Waals surface area contributed by atoms with Gasteiger partial charge in [0.2, 0.25) is 5.91 Å². The number of ether oxygens (including phenoxy) is 1. The van der Waals surface area contributed by atoms with Crippen LogP contribution in [-0.2, 0) is 14.3 Å². The first-order valence-electron chi connectivity index (χ1n) is 8.81. The Morgan fingerprint density at radius 1 is 1.32 bits per heavy atom. The second-order valence-electron chi connectivity index (χ2n) is 6.71. The maximum Gasteiger partial charge on any atom is 0.328 e. The molecule has 2 heterocycles. The molecule has 2 fully saturated rings. The van der Waals surface area contributed by atoms with Crippen LogP contribution in [0, 0.1) is 5.92 Å². The van der Waals surface area contributed by atoms with Crippen molar-refractivity contribution in [3.8, 4) is 0 Å². The number of carbonyl (C=O) groups excluding carboxylic acids is 3. The molecule has 0 bridgehead atoms. The Balaban J connectivity index is 1.60. The van der Waals surface area contributed by atoms with Crippen LogP contribution in [0.5, 0.6) is 0 Å². The van der Waals surface area contributed by atoms with Crippen molar-refractivity contribution in [2.45, 2.75) is 50.6 Å². The van der Waals surface area contributed by atoms with E-state index in [1.165, 1.54) is 19.6 Å². The van der Waals surface area contributed by atoms with Crippen molar-refractivity contribution >= 4 is 17.8 Å². The van der Waals surface area contributed by atoms with E-state index in [1.807, 2.05) is 0 Å². The summed E-state index contributed by atoms with van der Waals surface area (Å²) in [6.45, 7) is 0.227. The van der Waals surface area contributed by atoms with Gasteiger partial charge >= 0.3 is 5.97 Å². The van der Waals surface area contributed by atoms with Crippen LogP contribution < -0.4 is 5.32 Å². The Bertz CT molecular complexity index is 627. The highest BCUT2D eigenvalue weighted by atomic mass is 16.5. The highest BCUT2D eigenvalue weighted by molar-refractivity contribution is 5.94. The molecule has 136 valence electrons. The number of amides is 2. The lowest BCUT2D eigenvalue weighted by Crippen LogP contribution is -2.47. The third kappa shape index (κ3) is 3.70. The molecule has 3 rings (SSSR count). The SMILES string of the molecule is COC(=O)[C@@H]1C[C@H]2CCCC[C@H]2N1C(=O)CCNC(=O)c1ccoc1. The molecular weight excluding hydrogens is 324 g/mol. The molecule has 2 amide bonds. The van der Waals surface area contributed by atoms with Crippen molar-refractivity contribution in [3.05, 3.63) is 24.2 Å². The van der Waals surface area contributed by atoms with Gasteiger partial charge in [-0.05, 0) is 31.2 Å². The van der Waals surface area contributed by atoms with E-state index >= 15 is 0 Å². The average Bonchev–Trinajstić information content (AvgIpc) is 3.28. The minimum absolute atomic E-state index is 0.0997. The molecule has 1 aliphatic carbocycles. The van der Waals surface area contributed by atoms with E-state index in [0.717, 1.165) is 25.7 Å². The number of hydrogen-bond acceptors (Lipinski definition) is 5. The largest absolute Gasteiger partial charge is 0.472 e. The van der Waals surface area contributed by atoms with Gasteiger partial charge < -0.3 is 19.4 Å². The molecule has 0 radical (unpaired) electrons. The molecule has 7 nitrogen and oxygen atoms in total. The quantitative estimate of drug-likeness (QED) is 0.819. The van der Waals surface area contributed by atoms with Gasteiger partial charge in [0.1, 0.15) is 12.3 Å². The summed E-state index contributed by atoms with van der Waals surface area (Å²) in [5.74, 6) is -0.340. The number of methoxy groups -OCH3 is 1. The summed E-state index contributed by atoms with van der Waals surface area (Å²) < 4.78 is 9.77. The molecule has 1 N–H and O–H groups in total. The summed E-state index contributed by atoms with van der Waals surface area (Å²) in [4.78, 5) is 38.5. The Labute approximate surface area is 146 Å². The van der Waals surface area contributed by atoms with Gasteiger partial charge in [-0.2, -0.15) is 0 Å². The van der Waals surface area contributed by atoms with Gasteiger partial charge in [-0.25, -0.2) is 4.79 Å². The van der Waals surface area contributed by atoms with Crippen LogP contribution in [0.25, 0.3) is 0 Å². The molecule has 1 saturated carbocycles. The molecule has 0 spiro atoms. The van der Waals surface area contributed by atoms with E-state index < -0.39 is 6.04 Å². The van der Waals surface area contributed by atoms with Gasteiger partial charge in [-0.15, -0.1) is 0 Å². The van der Waals surface area contributed by atoms with Crippen LogP contribution in [0.4, 0.5) is 0 Å². The van der Waals surface area contributed by atoms with Gasteiger partial charge in [0.25, 0.3) is 5.91 Å². The normalized spacial score (nSPS) is 25.3. The number of likely N-dealkylation sites (tertiary alicyclic amines) is 1. The van der Waals surface area contributed by atoms with E-state index in [4.69, 9.17) is 9.15 Å². The van der Waals surface area contributed by atoms with Gasteiger partial charge in [-0.3, -0.25) is 9.59 Å². The fraction of sp³-hybridized carbons (Fsp3) is 0.611. The standard InChI is InChI=1S/C18H24N2O5/c1-24-18(23)15-10-12-4-2-3-5-14(12)20(15)16(21)6-8-19-17(22)13-7-9-25-11-13/h7,9,11-12,14-15H,2-6,8,10H2,1H3,(H,19,22)/t12-,14-,15+/m1/s1. The molecule has 25 heavy (non-hydrogen) atoms. The van der Waals surface area contributed by atoms with Crippen molar-refractivity contribution in [2.75, 3.05) is 13.7 Å². The lowest BCUT2D eigenvalue weighted by atomic mass is 9.84. The molecule has 1 aromatic rings. The zero-order chi connectivity index (χ0) is 17.8. The summed E-state index contributed by atoms with van der Waals surface area (Å²) in [5, 5.41) is 2.71. The highest BCUT2D eigenvalue weighted by Crippen LogP contribution is 2.40. The third-order valence-corrected chi connectivity index (χ3v) is 5.26. The fourth-order valence-corrected chi connectivity index (χ4v) is 4.07. The van der Waals surface area contributed by atoms with Crippen LogP contribution in [0.1, 0.15) is 48.9 Å². The van der Waals surface area contributed by atoms with Crippen LogP contribution in [0.2, 0.25) is 0 Å². The zero-order valence-electron chi connectivity index (χ0n) is 14.4. The van der Waals surface area contributed by atoms with Crippen molar-refractivity contribution in [1.82, 2.24) is 10.2 Å². The molecule has 3 atom stereocenters. The van der Waals surface area contributed by atoms with Crippen molar-refractivity contribution < 1.29 is 23.5 Å². The van der Waals surface area contributed by atoms with Crippen molar-refractivity contribution in [1.29, 1.82) is 0 Å². The van der Waals surface area contributed by atoms with Crippen molar-refractivity contribution in [2.24, 2.45) is 5.92 Å². The Morgan fingerprint density at radius 2 is 2.12 bits per heavy atom. The highest BCUT2D eigenvalue weighted by Gasteiger charge is 2.47. The van der Waals surface area contributed by atoms with Gasteiger partial charge in [0.05, 0.1) is 18.9 Å². The number of rotatable bonds is 5. The maximum absolute atomic E-state index is 12.7. The molecule has 1 saturated heterocycles. The summed E-state index contributed by atoms with van der Waals surface area (Å²) >= 11 is 0. The number of furan rings is 1. The van der Waals surface area contributed by atoms with Crippen molar-refractivity contribution in [3.63, 3.8) is 0 Å². The Hall–Kier alpha value is -2.31. The zero-order valence-corrected chi connectivity index (χ0v) is 14.4. The van der Waals surface area contributed by atoms with Crippen LogP contribution in [0.3, 0.4) is 0 Å². The smallest absolute Gasteiger partial charge is 0.328 e. The van der Waals surface area contributed by atoms with Crippen LogP contribution in [-0.4, -0.2) is 48.4 Å². The Morgan fingerprint density at radius 3 is 2.84 bits per heavy atom. The number of nitrogens with zero attached hydrogens (tertiary/aromatic N) is 1. The van der Waals surface area contributed by atoms with Gasteiger partial charge in [0.15, 0.2) is 0 Å². The minimum atomic E-state index is -0.491. The lowest BCUT2D eigenvalue weighted by Gasteiger charge is -2.33. The van der Waals surface area contributed by atoms with E-state index in [9.17, 15) is 14.4 Å². The number of esters is 1. The average molecular weight is 348 g/mol. The summed E-state index contributed by atoms with van der Waals surface area (Å²) in [6.07, 6.45) is 7.86. The fourth-order valence-electron chi connectivity index (χ4n) is 4.07. The Kier molecular flexibility index (Phi) is 5.40. The number of fused-ring (bicyclic) bond motifs is 1. The van der Waals surface area contributed by atoms with E-state index in [0.29, 0.717) is 17.9 Å². The molecule has 1 aromatic heterocycles. The summed E-state index contributed by atoms with van der Waals surface area (Å²) in [7, 11) is 1.36. The maximum atomic E-state index is 12.7. The molecule has 7 heteroatoms. The third-order valence-electron chi connectivity index (χ3n) is 5.26. The molecule has 2 aliphatic rings. The number of hydrogen-bond donors (Lipinski definition) is 1. The monoisotopic (exact) mass is 348 g/mol. The number of nitrogens with one attached hydrogen (secondary N) is 1. The topological polar surface area (TPSA) is 88.9 Å². The van der Waals surface area contributed by atoms with Gasteiger partial charge in [-0.1, -0.05) is 12.8 Å². The second kappa shape index (κ2) is 7.72. The second-order valence-corrected chi connectivity index (χ2v) is 6.71. The first-order chi connectivity index (χ1) is 12.1. The van der Waals surface area contributed by atoms with Crippen LogP contribution in [0.15, 0.2) is 23.0 Å². The van der Waals surface area contributed by atoms with E-state index in [1.54, 1.807) is 11.0 Å². The van der Waals surface area contributed by atoms with Crippen LogP contribution >= 0.6 is 0 Å². The molecule has 1 aliphatic heterocycles. The first kappa shape index (κ1) is 17.5. The first-order valence-corrected chi connectivity index (χ1v) is 8.81. The lowest BCUT2D eigenvalue weighted by molar-refractivity contribution is -0.152. The summed E-state index contributed by atoms with van der Waals surface area (Å²) in [6, 6.07) is 1.20. The molecule has 0 aromatic carbocycles. The van der Waals surface area contributed by atoms with E-state index in [2.05, 4.69) is 5.32 Å². The van der Waals surface area contributed by atoms with E-state index in [-0.39, 0.29) is 36.8 Å². The van der Waals surface area contributed by atoms with Gasteiger partial charge in [0, 0.05) is 19.0 Å². The predicted molar refractivity (Wildman–Crippen MR) is 88.7 cm³/mol.